The van der Waals surface area contributed by atoms with E-state index in [-0.39, 0.29) is 42.3 Å². The number of aliphatic hydroxyl groups is 1. The van der Waals surface area contributed by atoms with Crippen molar-refractivity contribution in [1.82, 2.24) is 14.7 Å². The van der Waals surface area contributed by atoms with E-state index < -0.39 is 59.6 Å². The van der Waals surface area contributed by atoms with Crippen molar-refractivity contribution in [3.05, 3.63) is 61.2 Å². The number of aliphatic hydroxyl groups excluding tert-OH is 1. The third-order valence-electron chi connectivity index (χ3n) is 9.92. The van der Waals surface area contributed by atoms with Gasteiger partial charge in [0, 0.05) is 30.9 Å². The summed E-state index contributed by atoms with van der Waals surface area (Å²) in [6.45, 7) is 14.9. The predicted octanol–water partition coefficient (Wildman–Crippen LogP) is 4.03. The Bertz CT molecular complexity index is 1300. The molecule has 3 fully saturated rings. The Morgan fingerprint density at radius 1 is 1.20 bits per heavy atom. The lowest BCUT2D eigenvalue weighted by Crippen LogP contribution is -2.59. The zero-order valence-corrected chi connectivity index (χ0v) is 29.1. The van der Waals surface area contributed by atoms with E-state index in [1.807, 2.05) is 58.0 Å². The molecule has 1 unspecified atom stereocenters. The largest absolute Gasteiger partial charge is 0.455 e. The van der Waals surface area contributed by atoms with Gasteiger partial charge < -0.3 is 29.3 Å². The average Bonchev–Trinajstić information content (AvgIpc) is 3.64. The number of alkyl halides is 1. The van der Waals surface area contributed by atoms with Gasteiger partial charge in [0.1, 0.15) is 17.7 Å². The fraction of sp³-hybridized carbons (Fsp3) is 0.600. The van der Waals surface area contributed by atoms with Gasteiger partial charge in [-0.25, -0.2) is 0 Å². The Balaban J connectivity index is 1.74. The van der Waals surface area contributed by atoms with Crippen molar-refractivity contribution in [2.24, 2.45) is 11.8 Å². The van der Waals surface area contributed by atoms with Crippen molar-refractivity contribution in [3.63, 3.8) is 0 Å². The van der Waals surface area contributed by atoms with Gasteiger partial charge in [-0.15, -0.1) is 13.2 Å². The Morgan fingerprint density at radius 2 is 1.87 bits per heavy atom. The molecular weight excluding hydrogens is 654 g/mol. The highest BCUT2D eigenvalue weighted by molar-refractivity contribution is 9.09. The molecule has 3 aliphatic rings. The van der Waals surface area contributed by atoms with E-state index in [4.69, 9.17) is 9.47 Å². The van der Waals surface area contributed by atoms with Crippen LogP contribution >= 0.6 is 15.9 Å². The molecule has 0 aromatic heterocycles. The summed E-state index contributed by atoms with van der Waals surface area (Å²) in [4.78, 5) is 60.6. The molecule has 11 heteroatoms. The van der Waals surface area contributed by atoms with Crippen LogP contribution in [0, 0.1) is 11.8 Å². The van der Waals surface area contributed by atoms with Crippen LogP contribution in [-0.4, -0.2) is 104 Å². The van der Waals surface area contributed by atoms with Crippen LogP contribution in [0.25, 0.3) is 0 Å². The summed E-state index contributed by atoms with van der Waals surface area (Å²) >= 11 is 3.71. The van der Waals surface area contributed by atoms with Crippen LogP contribution in [0.3, 0.4) is 0 Å². The molecule has 3 heterocycles. The number of benzene rings is 1. The first kappa shape index (κ1) is 35.8. The van der Waals surface area contributed by atoms with Crippen molar-refractivity contribution < 1.29 is 33.8 Å². The molecule has 2 bridgehead atoms. The number of halogens is 1. The van der Waals surface area contributed by atoms with Gasteiger partial charge in [0.2, 0.25) is 17.7 Å². The third-order valence-corrected chi connectivity index (χ3v) is 10.8. The molecule has 0 saturated carbocycles. The van der Waals surface area contributed by atoms with Gasteiger partial charge in [-0.05, 0) is 45.6 Å². The molecule has 252 valence electrons. The smallest absolute Gasteiger partial charge is 0.313 e. The standard InChI is InChI=1S/C35H48BrN3O7/c1-8-11-17-26(41)37(7)22(6)29(23-15-13-12-14-16-23)45-34(44)27-28-32(42)39(24(10-3)20-40)31(33(43)38(18-9-2)21(4)5)35(28)19-25(36)30(27)46-35/h8-9,12-16,21-22,24-25,27-31,40H,1-2,10-11,17-20H2,3-7H3/t22-,24+,25?,27+,28-,29+,30+,31+,35-/m1/s1. The van der Waals surface area contributed by atoms with Gasteiger partial charge in [-0.2, -0.15) is 0 Å². The molecule has 46 heavy (non-hydrogen) atoms. The van der Waals surface area contributed by atoms with E-state index in [9.17, 15) is 24.3 Å². The summed E-state index contributed by atoms with van der Waals surface area (Å²) in [6.07, 6.45) is 3.33. The Morgan fingerprint density at radius 3 is 2.43 bits per heavy atom. The highest BCUT2D eigenvalue weighted by Gasteiger charge is 2.77. The van der Waals surface area contributed by atoms with E-state index in [0.29, 0.717) is 24.8 Å². The van der Waals surface area contributed by atoms with Gasteiger partial charge in [0.05, 0.1) is 36.6 Å². The van der Waals surface area contributed by atoms with Crippen LogP contribution < -0.4 is 0 Å². The third kappa shape index (κ3) is 6.30. The zero-order valence-electron chi connectivity index (χ0n) is 27.5. The lowest BCUT2D eigenvalue weighted by molar-refractivity contribution is -0.165. The second-order valence-corrected chi connectivity index (χ2v) is 14.0. The molecule has 3 saturated heterocycles. The maximum absolute atomic E-state index is 14.5. The lowest BCUT2D eigenvalue weighted by Gasteiger charge is -2.40. The SMILES string of the molecule is C=CCCC(=O)N(C)[C@H](C)[C@H](OC(=O)[C@@H]1[C@H]2O[C@@]3(CC2Br)[C@H](C(=O)N(CC=C)C(C)C)N([C@@H](CC)CO)C(=O)[C@@H]13)c1ccccc1. The van der Waals surface area contributed by atoms with Gasteiger partial charge in [0.15, 0.2) is 0 Å². The molecule has 1 N–H and O–H groups in total. The molecule has 0 aliphatic carbocycles. The summed E-state index contributed by atoms with van der Waals surface area (Å²) in [7, 11) is 1.68. The number of esters is 1. The van der Waals surface area contributed by atoms with Crippen LogP contribution in [0.4, 0.5) is 0 Å². The molecule has 9 atom stereocenters. The van der Waals surface area contributed by atoms with Crippen molar-refractivity contribution in [3.8, 4) is 0 Å². The highest BCUT2D eigenvalue weighted by atomic mass is 79.9. The van der Waals surface area contributed by atoms with Gasteiger partial charge in [0.25, 0.3) is 0 Å². The van der Waals surface area contributed by atoms with Crippen molar-refractivity contribution in [2.45, 2.75) is 100 Å². The number of hydrogen-bond acceptors (Lipinski definition) is 7. The first-order valence-electron chi connectivity index (χ1n) is 16.2. The summed E-state index contributed by atoms with van der Waals surface area (Å²) < 4.78 is 12.9. The number of amides is 3. The Hall–Kier alpha value is -3.02. The number of ether oxygens (including phenoxy) is 2. The van der Waals surface area contributed by atoms with Crippen LogP contribution in [0.5, 0.6) is 0 Å². The van der Waals surface area contributed by atoms with Crippen molar-refractivity contribution in [2.75, 3.05) is 20.2 Å². The molecule has 1 spiro atoms. The van der Waals surface area contributed by atoms with Crippen LogP contribution in [-0.2, 0) is 28.7 Å². The number of allylic oxidation sites excluding steroid dienone is 1. The second-order valence-electron chi connectivity index (χ2n) is 12.9. The van der Waals surface area contributed by atoms with Crippen LogP contribution in [0.1, 0.15) is 65.0 Å². The number of nitrogens with zero attached hydrogens (tertiary/aromatic N) is 3. The van der Waals surface area contributed by atoms with E-state index in [0.717, 1.165) is 0 Å². The van der Waals surface area contributed by atoms with Gasteiger partial charge >= 0.3 is 5.97 Å². The quantitative estimate of drug-likeness (QED) is 0.167. The van der Waals surface area contributed by atoms with E-state index >= 15 is 0 Å². The van der Waals surface area contributed by atoms with Gasteiger partial charge in [-0.1, -0.05) is 65.3 Å². The Kier molecular flexibility index (Phi) is 11.5. The predicted molar refractivity (Wildman–Crippen MR) is 178 cm³/mol. The molecule has 4 rings (SSSR count). The van der Waals surface area contributed by atoms with Crippen LogP contribution in [0.2, 0.25) is 0 Å². The molecular formula is C35H48BrN3O7. The highest BCUT2D eigenvalue weighted by Crippen LogP contribution is 2.61. The van der Waals surface area contributed by atoms with Crippen molar-refractivity contribution in [1.29, 1.82) is 0 Å². The number of likely N-dealkylation sites (N-methyl/N-ethyl adjacent to an activating group) is 1. The second kappa shape index (κ2) is 14.8. The topological polar surface area (TPSA) is 117 Å². The fourth-order valence-corrected chi connectivity index (χ4v) is 8.34. The van der Waals surface area contributed by atoms with Gasteiger partial charge in [-0.3, -0.25) is 19.2 Å². The Labute approximate surface area is 280 Å². The molecule has 0 radical (unpaired) electrons. The monoisotopic (exact) mass is 701 g/mol. The summed E-state index contributed by atoms with van der Waals surface area (Å²) in [5, 5.41) is 10.4. The first-order valence-corrected chi connectivity index (χ1v) is 17.1. The van der Waals surface area contributed by atoms with E-state index in [2.05, 4.69) is 29.1 Å². The minimum absolute atomic E-state index is 0.112. The van der Waals surface area contributed by atoms with E-state index in [1.165, 1.54) is 4.90 Å². The van der Waals surface area contributed by atoms with Crippen molar-refractivity contribution >= 4 is 39.6 Å². The summed E-state index contributed by atoms with van der Waals surface area (Å²) in [5.41, 5.74) is -0.588. The zero-order chi connectivity index (χ0) is 33.9. The summed E-state index contributed by atoms with van der Waals surface area (Å²) in [5.74, 6) is -3.43. The first-order chi connectivity index (χ1) is 21.9. The molecule has 3 aliphatic heterocycles. The number of rotatable bonds is 15. The number of hydrogen-bond donors (Lipinski definition) is 1. The lowest BCUT2D eigenvalue weighted by atomic mass is 9.70. The molecule has 1 aromatic carbocycles. The van der Waals surface area contributed by atoms with Crippen LogP contribution in [0.15, 0.2) is 55.6 Å². The minimum atomic E-state index is -1.29. The molecule has 10 nitrogen and oxygen atoms in total. The average molecular weight is 703 g/mol. The maximum Gasteiger partial charge on any atom is 0.313 e. The fourth-order valence-electron chi connectivity index (χ4n) is 7.40. The summed E-state index contributed by atoms with van der Waals surface area (Å²) in [6, 6.07) is 6.82. The normalized spacial score (nSPS) is 28.4. The maximum atomic E-state index is 14.5. The molecule has 3 amide bonds. The molecule has 1 aromatic rings. The number of carbonyl (C=O) groups is 4. The number of fused-ring (bicyclic) bond motifs is 1. The number of likely N-dealkylation sites (tertiary alicyclic amines) is 1. The van der Waals surface area contributed by atoms with E-state index in [1.54, 1.807) is 29.0 Å². The minimum Gasteiger partial charge on any atom is -0.455 e. The number of carbonyl (C=O) groups excluding carboxylic acids is 4.